The molecule has 2 aliphatic rings. The van der Waals surface area contributed by atoms with Gasteiger partial charge in [-0.05, 0) is 78.4 Å². The van der Waals surface area contributed by atoms with Gasteiger partial charge in [0, 0.05) is 73.7 Å². The third-order valence-electron chi connectivity index (χ3n) is 17.3. The Morgan fingerprint density at radius 1 is 0.570 bits per heavy atom. The van der Waals surface area contributed by atoms with Gasteiger partial charge in [-0.1, -0.05) is 25.4 Å². The zero-order valence-corrected chi connectivity index (χ0v) is 56.0. The smallest absolute Gasteiger partial charge is 0.349 e. The number of halogens is 1. The van der Waals surface area contributed by atoms with Crippen molar-refractivity contribution in [1.82, 2.24) is 67.7 Å². The molecule has 458 valence electrons. The molecule has 2 fully saturated rings. The third kappa shape index (κ3) is 13.0. The number of rotatable bonds is 17. The van der Waals surface area contributed by atoms with Crippen molar-refractivity contribution in [2.45, 2.75) is 189 Å². The van der Waals surface area contributed by atoms with E-state index in [1.54, 1.807) is 42.4 Å². The number of fused-ring (bicyclic) bond motifs is 6. The largest absolute Gasteiger partial charge is 0.450 e. The Morgan fingerprint density at radius 2 is 1.03 bits per heavy atom. The molecule has 0 N–H and O–H groups in total. The summed E-state index contributed by atoms with van der Waals surface area (Å²) in [6, 6.07) is 3.63. The number of pyridine rings is 2. The monoisotopic (exact) mass is 1300 g/mol. The van der Waals surface area contributed by atoms with Crippen molar-refractivity contribution in [3.63, 3.8) is 0 Å². The van der Waals surface area contributed by atoms with Crippen molar-refractivity contribution in [2.24, 2.45) is 28.2 Å². The summed E-state index contributed by atoms with van der Waals surface area (Å²) in [5.41, 5.74) is 8.49. The molecule has 0 aromatic carbocycles. The van der Waals surface area contributed by atoms with Gasteiger partial charge in [-0.25, -0.2) is 24.5 Å². The van der Waals surface area contributed by atoms with E-state index in [2.05, 4.69) is 89.5 Å². The van der Waals surface area contributed by atoms with E-state index in [4.69, 9.17) is 39.9 Å². The number of hydrogen-bond donors (Lipinski definition) is 0. The van der Waals surface area contributed by atoms with Gasteiger partial charge in [-0.3, -0.25) is 18.5 Å². The molecule has 0 saturated carbocycles. The summed E-state index contributed by atoms with van der Waals surface area (Å²) >= 11 is 4.09. The molecule has 0 amide bonds. The van der Waals surface area contributed by atoms with Crippen molar-refractivity contribution >= 4 is 77.8 Å². The molecule has 22 heteroatoms. The van der Waals surface area contributed by atoms with Gasteiger partial charge in [0.2, 0.25) is 0 Å². The number of unbranched alkanes of at least 4 members (excludes halogenated alkanes) is 3. The summed E-state index contributed by atoms with van der Waals surface area (Å²) in [5.74, 6) is 0. The van der Waals surface area contributed by atoms with E-state index in [0.29, 0.717) is 50.1 Å². The van der Waals surface area contributed by atoms with Crippen LogP contribution in [0, 0.1) is 13.8 Å². The first-order valence-electron chi connectivity index (χ1n) is 31.0. The molecule has 86 heavy (non-hydrogen) atoms. The molecular weight excluding hydrogens is 1210 g/mol. The van der Waals surface area contributed by atoms with E-state index in [1.807, 2.05) is 82.0 Å². The van der Waals surface area contributed by atoms with E-state index in [0.717, 1.165) is 83.0 Å². The van der Waals surface area contributed by atoms with Crippen LogP contribution in [0.4, 0.5) is 0 Å². The summed E-state index contributed by atoms with van der Waals surface area (Å²) in [5, 5.41) is 10.5. The molecule has 0 aliphatic carbocycles. The molecule has 2 saturated heterocycles. The molecule has 0 radical (unpaired) electrons. The van der Waals surface area contributed by atoms with Crippen LogP contribution in [0.15, 0.2) is 80.4 Å². The predicted molar refractivity (Wildman–Crippen MR) is 342 cm³/mol. The number of nitrogens with zero attached hydrogens (tertiary/aromatic N) is 14. The fourth-order valence-corrected chi connectivity index (χ4v) is 28.7. The second-order valence-electron chi connectivity index (χ2n) is 24.1. The Balaban J connectivity index is 0.000000150. The number of hydrogen-bond acceptors (Lipinski definition) is 14. The maximum atomic E-state index is 13.7. The van der Waals surface area contributed by atoms with Gasteiger partial charge in [0.1, 0.15) is 33.3 Å². The maximum Gasteiger partial charge on any atom is 0.349 e. The van der Waals surface area contributed by atoms with Crippen LogP contribution < -0.4 is 15.1 Å². The quantitative estimate of drug-likeness (QED) is 0.0613. The van der Waals surface area contributed by atoms with Crippen LogP contribution in [-0.4, -0.2) is 111 Å². The first kappa shape index (κ1) is 62.6. The van der Waals surface area contributed by atoms with Gasteiger partial charge in [-0.2, -0.15) is 20.2 Å². The first-order chi connectivity index (χ1) is 41.3. The van der Waals surface area contributed by atoms with E-state index in [9.17, 15) is 9.59 Å². The van der Waals surface area contributed by atoms with Gasteiger partial charge in [-0.15, -0.1) is 0 Å². The van der Waals surface area contributed by atoms with Crippen molar-refractivity contribution in [2.75, 3.05) is 0 Å². The molecule has 0 spiro atoms. The molecule has 0 bridgehead atoms. The second-order valence-corrected chi connectivity index (χ2v) is 37.6. The minimum Gasteiger partial charge on any atom is -0.450 e. The fourth-order valence-electron chi connectivity index (χ4n) is 13.0. The number of furan rings is 2. The normalized spacial score (nSPS) is 19.1. The number of aromatic nitrogens is 14. The molecule has 10 aromatic rings. The minimum atomic E-state index is -2.21. The minimum absolute atomic E-state index is 0.0410. The van der Waals surface area contributed by atoms with Crippen molar-refractivity contribution in [3.8, 4) is 33.9 Å². The topological polar surface area (TPSA) is 212 Å². The average molecular weight is 1300 g/mol. The van der Waals surface area contributed by atoms with E-state index in [-0.39, 0.29) is 47.9 Å². The maximum absolute atomic E-state index is 13.7. The van der Waals surface area contributed by atoms with Gasteiger partial charge in [0.15, 0.2) is 22.3 Å². The van der Waals surface area contributed by atoms with Gasteiger partial charge >= 0.3 is 135 Å². The molecule has 6 atom stereocenters. The summed E-state index contributed by atoms with van der Waals surface area (Å²) in [6.45, 7) is 19.1. The Morgan fingerprint density at radius 3 is 1.45 bits per heavy atom. The van der Waals surface area contributed by atoms with Crippen molar-refractivity contribution < 1.29 is 18.3 Å². The Bertz CT molecular complexity index is 4090. The van der Waals surface area contributed by atoms with E-state index < -0.39 is 18.4 Å². The molecule has 0 unspecified atom stereocenters. The molecule has 12 rings (SSSR count). The molecular formula is C64H85ClN14O6Sn. The van der Waals surface area contributed by atoms with Crippen LogP contribution in [-0.2, 0) is 37.7 Å². The van der Waals surface area contributed by atoms with Crippen LogP contribution >= 0.6 is 11.6 Å². The van der Waals surface area contributed by atoms with Gasteiger partial charge in [0.25, 0.3) is 0 Å². The standard InChI is InChI=1S/C26H29N7O3.C22H24ClN5O3.C4H5N2.3C4H9.Sn/c1-6-18-8-17(7-14(2)35-18)33-23-19-9-20(21-12-31(4)13-27-21)29-15(3)24(19)36-25(23)22(30-26(33)34)16-10-28-32(5)11-16;1-5-15-7-14(6-11(2)30-15)28-19-16-8-17(23)25-12(3)20(16)31-21(19)18(26-22(28)29)13-9-24-27(4)10-13;1-6-3-2-5-4-6;3*1-3-4-2;/h9-14,17-18H,6-8H2,1-5H3;8-11,14-15H,5-7H2,1-4H3;3-4H,1H3;3*1,3-4H2,2H3;/t14-,17+,18+;11-,14+,15+;;;;;/m11...../s1. The number of ether oxygens (including phenoxy) is 2. The number of aryl methyl sites for hydroxylation is 6. The van der Waals surface area contributed by atoms with Crippen molar-refractivity contribution in [1.29, 1.82) is 0 Å². The Kier molecular flexibility index (Phi) is 19.5. The zero-order chi connectivity index (χ0) is 61.1. The molecule has 20 nitrogen and oxygen atoms in total. The van der Waals surface area contributed by atoms with Crippen molar-refractivity contribution in [3.05, 3.63) is 99.5 Å². The van der Waals surface area contributed by atoms with Crippen LogP contribution in [0.1, 0.15) is 149 Å². The van der Waals surface area contributed by atoms with E-state index >= 15 is 0 Å². The Labute approximate surface area is 511 Å². The van der Waals surface area contributed by atoms with Gasteiger partial charge < -0.3 is 22.9 Å². The van der Waals surface area contributed by atoms with E-state index in [1.165, 1.54) is 51.8 Å². The third-order valence-corrected chi connectivity index (χ3v) is 32.6. The summed E-state index contributed by atoms with van der Waals surface area (Å²) in [4.78, 5) is 54.5. The van der Waals surface area contributed by atoms with Crippen LogP contribution in [0.25, 0.3) is 78.0 Å². The molecule has 12 heterocycles. The summed E-state index contributed by atoms with van der Waals surface area (Å²) in [6.07, 6.45) is 28.3. The zero-order valence-electron chi connectivity index (χ0n) is 52.4. The summed E-state index contributed by atoms with van der Waals surface area (Å²) < 4.78 is 42.0. The van der Waals surface area contributed by atoms with Crippen LogP contribution in [0.3, 0.4) is 0 Å². The molecule has 10 aromatic heterocycles. The van der Waals surface area contributed by atoms with Crippen LogP contribution in [0.2, 0.25) is 18.5 Å². The fraction of sp³-hybridized carbons (Fsp3) is 0.531. The molecule has 2 aliphatic heterocycles. The van der Waals surface area contributed by atoms with Gasteiger partial charge in [0.05, 0.1) is 60.2 Å². The SMILES string of the molecule is CCC[CH2][Sn]([CH2]CCC)([CH2]CCC)[c]1cn(C)cn1.CC[C@H]1C[C@@H](n2c(=O)nc(-c3cnn(C)c3)c3oc4c(C)nc(-c5cn(C)cn5)cc4c32)C[C@@H](C)O1.CC[C@H]1C[C@@H](n2c(=O)nc(-c3cnn(C)c3)c3oc4c(C)nc(Cl)cc4c32)C[C@@H](C)O1. The number of imidazole rings is 2. The predicted octanol–water partition coefficient (Wildman–Crippen LogP) is 13.1. The second kappa shape index (κ2) is 26.9. The summed E-state index contributed by atoms with van der Waals surface area (Å²) in [7, 11) is 7.70. The average Bonchev–Trinajstić information content (AvgIpc) is 3.07. The Hall–Kier alpha value is -6.49. The first-order valence-corrected chi connectivity index (χ1v) is 38.9. The van der Waals surface area contributed by atoms with Crippen LogP contribution in [0.5, 0.6) is 0 Å².